The third kappa shape index (κ3) is 2.59. The van der Waals surface area contributed by atoms with Crippen LogP contribution in [0.1, 0.15) is 19.8 Å². The fourth-order valence-electron chi connectivity index (χ4n) is 1.40. The first kappa shape index (κ1) is 10.7. The summed E-state index contributed by atoms with van der Waals surface area (Å²) in [5.41, 5.74) is 1.89. The van der Waals surface area contributed by atoms with Crippen molar-refractivity contribution < 1.29 is 4.74 Å². The van der Waals surface area contributed by atoms with Gasteiger partial charge in [-0.25, -0.2) is 0 Å². The molecule has 0 bridgehead atoms. The van der Waals surface area contributed by atoms with Crippen molar-refractivity contribution in [3.8, 4) is 17.0 Å². The summed E-state index contributed by atoms with van der Waals surface area (Å²) in [7, 11) is 0. The first-order chi connectivity index (χ1) is 7.90. The zero-order valence-electron chi connectivity index (χ0n) is 9.31. The van der Waals surface area contributed by atoms with Gasteiger partial charge in [-0.2, -0.15) is 15.4 Å². The lowest BCUT2D eigenvalue weighted by atomic mass is 10.2. The Balaban J connectivity index is 2.00. The van der Waals surface area contributed by atoms with Crippen LogP contribution in [-0.2, 0) is 0 Å². The van der Waals surface area contributed by atoms with Crippen LogP contribution >= 0.6 is 0 Å². The van der Waals surface area contributed by atoms with Crippen LogP contribution in [0.2, 0.25) is 0 Å². The van der Waals surface area contributed by atoms with E-state index < -0.39 is 0 Å². The van der Waals surface area contributed by atoms with Gasteiger partial charge in [-0.1, -0.05) is 13.3 Å². The van der Waals surface area contributed by atoms with E-state index in [1.807, 2.05) is 24.3 Å². The summed E-state index contributed by atoms with van der Waals surface area (Å²) in [4.78, 5) is 0. The van der Waals surface area contributed by atoms with Crippen LogP contribution in [0, 0.1) is 0 Å². The molecule has 0 unspecified atom stereocenters. The molecular formula is C12H15N3O. The van der Waals surface area contributed by atoms with Crippen molar-refractivity contribution in [1.82, 2.24) is 15.4 Å². The fourth-order valence-corrected chi connectivity index (χ4v) is 1.40. The number of benzene rings is 1. The van der Waals surface area contributed by atoms with Crippen molar-refractivity contribution in [1.29, 1.82) is 0 Å². The molecule has 0 aliphatic heterocycles. The first-order valence-corrected chi connectivity index (χ1v) is 5.49. The normalized spacial score (nSPS) is 10.3. The highest BCUT2D eigenvalue weighted by Gasteiger charge is 2.00. The number of unbranched alkanes of at least 4 members (excludes halogenated alkanes) is 1. The van der Waals surface area contributed by atoms with Crippen molar-refractivity contribution in [2.24, 2.45) is 0 Å². The summed E-state index contributed by atoms with van der Waals surface area (Å²) >= 11 is 0. The van der Waals surface area contributed by atoms with Crippen molar-refractivity contribution >= 4 is 0 Å². The maximum absolute atomic E-state index is 5.57. The average Bonchev–Trinajstić information content (AvgIpc) is 2.84. The number of hydrogen-bond acceptors (Lipinski definition) is 3. The number of aromatic amines is 1. The van der Waals surface area contributed by atoms with E-state index in [9.17, 15) is 0 Å². The van der Waals surface area contributed by atoms with E-state index in [4.69, 9.17) is 4.74 Å². The minimum absolute atomic E-state index is 0.778. The van der Waals surface area contributed by atoms with Gasteiger partial charge in [0.15, 0.2) is 0 Å². The second-order valence-electron chi connectivity index (χ2n) is 3.58. The zero-order chi connectivity index (χ0) is 11.2. The molecule has 2 aromatic rings. The van der Waals surface area contributed by atoms with Crippen molar-refractivity contribution in [3.63, 3.8) is 0 Å². The lowest BCUT2D eigenvalue weighted by Crippen LogP contribution is -1.95. The van der Waals surface area contributed by atoms with E-state index in [-0.39, 0.29) is 0 Å². The summed E-state index contributed by atoms with van der Waals surface area (Å²) in [6.07, 6.45) is 3.94. The molecule has 84 valence electrons. The fraction of sp³-hybridized carbons (Fsp3) is 0.333. The predicted octanol–water partition coefficient (Wildman–Crippen LogP) is 2.65. The molecule has 0 fully saturated rings. The van der Waals surface area contributed by atoms with Crippen LogP contribution in [0.5, 0.6) is 5.75 Å². The molecule has 4 heteroatoms. The van der Waals surface area contributed by atoms with Crippen molar-refractivity contribution in [2.45, 2.75) is 19.8 Å². The predicted molar refractivity (Wildman–Crippen MR) is 62.2 cm³/mol. The minimum atomic E-state index is 0.778. The smallest absolute Gasteiger partial charge is 0.119 e. The highest BCUT2D eigenvalue weighted by atomic mass is 16.5. The van der Waals surface area contributed by atoms with Gasteiger partial charge >= 0.3 is 0 Å². The molecule has 4 nitrogen and oxygen atoms in total. The lowest BCUT2D eigenvalue weighted by Gasteiger charge is -2.05. The molecule has 0 amide bonds. The quantitative estimate of drug-likeness (QED) is 0.783. The Morgan fingerprint density at radius 2 is 2.06 bits per heavy atom. The molecule has 1 aromatic heterocycles. The molecule has 1 aromatic carbocycles. The SMILES string of the molecule is CCCCOc1ccc(-c2cn[nH]n2)cc1. The number of nitrogens with one attached hydrogen (secondary N) is 1. The van der Waals surface area contributed by atoms with Crippen LogP contribution < -0.4 is 4.74 Å². The molecule has 16 heavy (non-hydrogen) atoms. The average molecular weight is 217 g/mol. The number of rotatable bonds is 5. The lowest BCUT2D eigenvalue weighted by molar-refractivity contribution is 0.309. The summed E-state index contributed by atoms with van der Waals surface area (Å²) in [6.45, 7) is 2.93. The van der Waals surface area contributed by atoms with Gasteiger partial charge in [0.05, 0.1) is 12.8 Å². The Kier molecular flexibility index (Phi) is 3.53. The van der Waals surface area contributed by atoms with E-state index in [1.165, 1.54) is 0 Å². The van der Waals surface area contributed by atoms with Gasteiger partial charge in [0.25, 0.3) is 0 Å². The third-order valence-electron chi connectivity index (χ3n) is 2.33. The molecule has 0 aliphatic carbocycles. The monoisotopic (exact) mass is 217 g/mol. The molecule has 0 spiro atoms. The van der Waals surface area contributed by atoms with Crippen LogP contribution in [0.25, 0.3) is 11.3 Å². The molecule has 0 atom stereocenters. The van der Waals surface area contributed by atoms with Gasteiger partial charge in [-0.3, -0.25) is 0 Å². The third-order valence-corrected chi connectivity index (χ3v) is 2.33. The van der Waals surface area contributed by atoms with Crippen LogP contribution in [-0.4, -0.2) is 22.0 Å². The van der Waals surface area contributed by atoms with E-state index in [2.05, 4.69) is 22.3 Å². The largest absolute Gasteiger partial charge is 0.494 e. The Labute approximate surface area is 94.6 Å². The van der Waals surface area contributed by atoms with Crippen LogP contribution in [0.4, 0.5) is 0 Å². The maximum atomic E-state index is 5.57. The highest BCUT2D eigenvalue weighted by molar-refractivity contribution is 5.58. The molecule has 1 N–H and O–H groups in total. The summed E-state index contributed by atoms with van der Waals surface area (Å²) in [5, 5.41) is 10.4. The first-order valence-electron chi connectivity index (χ1n) is 5.49. The Morgan fingerprint density at radius 1 is 1.25 bits per heavy atom. The number of H-pyrrole nitrogens is 1. The zero-order valence-corrected chi connectivity index (χ0v) is 9.31. The maximum Gasteiger partial charge on any atom is 0.119 e. The van der Waals surface area contributed by atoms with E-state index >= 15 is 0 Å². The van der Waals surface area contributed by atoms with Crippen LogP contribution in [0.15, 0.2) is 30.5 Å². The van der Waals surface area contributed by atoms with Gasteiger partial charge < -0.3 is 4.74 Å². The Bertz CT molecular complexity index is 408. The molecule has 0 saturated carbocycles. The number of nitrogens with zero attached hydrogens (tertiary/aromatic N) is 2. The number of hydrogen-bond donors (Lipinski definition) is 1. The standard InChI is InChI=1S/C12H15N3O/c1-2-3-8-16-11-6-4-10(5-7-11)12-9-13-15-14-12/h4-7,9H,2-3,8H2,1H3,(H,13,14,15). The Morgan fingerprint density at radius 3 is 2.69 bits per heavy atom. The van der Waals surface area contributed by atoms with Gasteiger partial charge in [-0.15, -0.1) is 0 Å². The molecule has 0 saturated heterocycles. The topological polar surface area (TPSA) is 50.8 Å². The number of ether oxygens (including phenoxy) is 1. The minimum Gasteiger partial charge on any atom is -0.494 e. The van der Waals surface area contributed by atoms with Crippen molar-refractivity contribution in [2.75, 3.05) is 6.61 Å². The second-order valence-corrected chi connectivity index (χ2v) is 3.58. The van der Waals surface area contributed by atoms with E-state index in [0.29, 0.717) is 0 Å². The van der Waals surface area contributed by atoms with E-state index in [0.717, 1.165) is 36.5 Å². The summed E-state index contributed by atoms with van der Waals surface area (Å²) in [6, 6.07) is 7.89. The highest BCUT2D eigenvalue weighted by Crippen LogP contribution is 2.19. The molecular weight excluding hydrogens is 202 g/mol. The molecule has 0 aliphatic rings. The molecule has 0 radical (unpaired) electrons. The van der Waals surface area contributed by atoms with Gasteiger partial charge in [0, 0.05) is 5.56 Å². The van der Waals surface area contributed by atoms with Gasteiger partial charge in [0.1, 0.15) is 11.4 Å². The number of aromatic nitrogens is 3. The van der Waals surface area contributed by atoms with Crippen molar-refractivity contribution in [3.05, 3.63) is 30.5 Å². The molecule has 2 rings (SSSR count). The summed E-state index contributed by atoms with van der Waals surface area (Å²) in [5.74, 6) is 0.903. The molecule has 1 heterocycles. The van der Waals surface area contributed by atoms with E-state index in [1.54, 1.807) is 6.20 Å². The van der Waals surface area contributed by atoms with Crippen LogP contribution in [0.3, 0.4) is 0 Å². The second kappa shape index (κ2) is 5.30. The van der Waals surface area contributed by atoms with Gasteiger partial charge in [-0.05, 0) is 30.7 Å². The van der Waals surface area contributed by atoms with Gasteiger partial charge in [0.2, 0.25) is 0 Å². The summed E-state index contributed by atoms with van der Waals surface area (Å²) < 4.78 is 5.57. The Hall–Kier alpha value is -1.84.